The SMILES string of the molecule is CC1([C@@H]2CCON2)C=CC=CC1. The van der Waals surface area contributed by atoms with E-state index in [1.165, 1.54) is 0 Å². The maximum Gasteiger partial charge on any atom is 0.0698 e. The third kappa shape index (κ3) is 1.32. The molecule has 12 heavy (non-hydrogen) atoms. The first-order valence-corrected chi connectivity index (χ1v) is 4.53. The molecule has 0 spiro atoms. The van der Waals surface area contributed by atoms with Crippen molar-refractivity contribution >= 4 is 0 Å². The molecule has 0 radical (unpaired) electrons. The van der Waals surface area contributed by atoms with Crippen LogP contribution in [-0.4, -0.2) is 12.6 Å². The smallest absolute Gasteiger partial charge is 0.0698 e. The third-order valence-corrected chi connectivity index (χ3v) is 2.81. The topological polar surface area (TPSA) is 21.3 Å². The van der Waals surface area contributed by atoms with E-state index >= 15 is 0 Å². The van der Waals surface area contributed by atoms with E-state index in [0.29, 0.717) is 6.04 Å². The minimum absolute atomic E-state index is 0.255. The Balaban J connectivity index is 2.09. The average molecular weight is 165 g/mol. The Hall–Kier alpha value is -0.600. The molecule has 1 fully saturated rings. The lowest BCUT2D eigenvalue weighted by atomic mass is 9.76. The lowest BCUT2D eigenvalue weighted by Crippen LogP contribution is -2.37. The highest BCUT2D eigenvalue weighted by atomic mass is 16.7. The van der Waals surface area contributed by atoms with Crippen LogP contribution in [0.3, 0.4) is 0 Å². The van der Waals surface area contributed by atoms with Gasteiger partial charge in [-0.2, -0.15) is 5.48 Å². The van der Waals surface area contributed by atoms with Crippen molar-refractivity contribution < 1.29 is 4.84 Å². The first kappa shape index (κ1) is 8.02. The number of allylic oxidation sites excluding steroid dienone is 3. The normalized spacial score (nSPS) is 40.6. The molecule has 2 nitrogen and oxygen atoms in total. The molecule has 1 aliphatic carbocycles. The van der Waals surface area contributed by atoms with Crippen molar-refractivity contribution in [3.8, 4) is 0 Å². The summed E-state index contributed by atoms with van der Waals surface area (Å²) >= 11 is 0. The third-order valence-electron chi connectivity index (χ3n) is 2.81. The Labute approximate surface area is 73.3 Å². The van der Waals surface area contributed by atoms with Crippen molar-refractivity contribution in [3.63, 3.8) is 0 Å². The fraction of sp³-hybridized carbons (Fsp3) is 0.600. The quantitative estimate of drug-likeness (QED) is 0.639. The van der Waals surface area contributed by atoms with Crippen LogP contribution in [-0.2, 0) is 4.84 Å². The number of hydrogen-bond acceptors (Lipinski definition) is 2. The second-order valence-electron chi connectivity index (χ2n) is 3.80. The maximum atomic E-state index is 5.17. The zero-order valence-electron chi connectivity index (χ0n) is 7.42. The molecule has 1 aliphatic heterocycles. The van der Waals surface area contributed by atoms with Gasteiger partial charge in [-0.05, 0) is 12.8 Å². The highest BCUT2D eigenvalue weighted by Gasteiger charge is 2.34. The van der Waals surface area contributed by atoms with Crippen molar-refractivity contribution in [3.05, 3.63) is 24.3 Å². The highest BCUT2D eigenvalue weighted by molar-refractivity contribution is 5.18. The Morgan fingerprint density at radius 3 is 3.00 bits per heavy atom. The summed E-state index contributed by atoms with van der Waals surface area (Å²) in [5, 5.41) is 0. The Morgan fingerprint density at radius 2 is 2.42 bits per heavy atom. The zero-order chi connectivity index (χ0) is 8.44. The zero-order valence-corrected chi connectivity index (χ0v) is 7.42. The van der Waals surface area contributed by atoms with Gasteiger partial charge in [0, 0.05) is 11.5 Å². The van der Waals surface area contributed by atoms with E-state index in [2.05, 4.69) is 36.7 Å². The van der Waals surface area contributed by atoms with E-state index in [-0.39, 0.29) is 5.41 Å². The lowest BCUT2D eigenvalue weighted by molar-refractivity contribution is 0.0690. The first-order chi connectivity index (χ1) is 5.81. The summed E-state index contributed by atoms with van der Waals surface area (Å²) in [5.41, 5.74) is 3.34. The fourth-order valence-corrected chi connectivity index (χ4v) is 1.86. The molecule has 2 aliphatic rings. The van der Waals surface area contributed by atoms with Gasteiger partial charge in [0.25, 0.3) is 0 Å². The van der Waals surface area contributed by atoms with Crippen molar-refractivity contribution in [2.75, 3.05) is 6.61 Å². The second-order valence-corrected chi connectivity index (χ2v) is 3.80. The van der Waals surface area contributed by atoms with Gasteiger partial charge in [0.1, 0.15) is 0 Å². The molecule has 0 bridgehead atoms. The standard InChI is InChI=1S/C10H15NO/c1-10(6-3-2-4-7-10)9-5-8-12-11-9/h2-4,6,9,11H,5,7-8H2,1H3/t9-,10?/m0/s1. The van der Waals surface area contributed by atoms with Crippen LogP contribution in [0.2, 0.25) is 0 Å². The van der Waals surface area contributed by atoms with Crippen molar-refractivity contribution in [1.29, 1.82) is 0 Å². The van der Waals surface area contributed by atoms with Crippen LogP contribution in [0.15, 0.2) is 24.3 Å². The minimum Gasteiger partial charge on any atom is -0.301 e. The van der Waals surface area contributed by atoms with Gasteiger partial charge in [0.2, 0.25) is 0 Å². The molecule has 0 aromatic rings. The van der Waals surface area contributed by atoms with Crippen molar-refractivity contribution in [2.45, 2.75) is 25.8 Å². The minimum atomic E-state index is 0.255. The van der Waals surface area contributed by atoms with E-state index in [9.17, 15) is 0 Å². The van der Waals surface area contributed by atoms with Gasteiger partial charge >= 0.3 is 0 Å². The summed E-state index contributed by atoms with van der Waals surface area (Å²) in [6, 6.07) is 0.485. The van der Waals surface area contributed by atoms with Crippen LogP contribution in [0.1, 0.15) is 19.8 Å². The summed E-state index contributed by atoms with van der Waals surface area (Å²) in [5.74, 6) is 0. The highest BCUT2D eigenvalue weighted by Crippen LogP contribution is 2.34. The molecule has 2 atom stereocenters. The van der Waals surface area contributed by atoms with Gasteiger partial charge in [0.15, 0.2) is 0 Å². The predicted molar refractivity (Wildman–Crippen MR) is 48.5 cm³/mol. The van der Waals surface area contributed by atoms with Crippen LogP contribution < -0.4 is 5.48 Å². The van der Waals surface area contributed by atoms with Gasteiger partial charge in [-0.15, -0.1) is 0 Å². The van der Waals surface area contributed by atoms with Crippen molar-refractivity contribution in [2.24, 2.45) is 5.41 Å². The summed E-state index contributed by atoms with van der Waals surface area (Å²) < 4.78 is 0. The van der Waals surface area contributed by atoms with Crippen LogP contribution in [0.5, 0.6) is 0 Å². The number of hydrogen-bond donors (Lipinski definition) is 1. The molecule has 1 saturated heterocycles. The van der Waals surface area contributed by atoms with Gasteiger partial charge in [-0.3, -0.25) is 0 Å². The second kappa shape index (κ2) is 3.04. The van der Waals surface area contributed by atoms with E-state index in [1.807, 2.05) is 0 Å². The Bertz CT molecular complexity index is 216. The Kier molecular flexibility index (Phi) is 2.03. The summed E-state index contributed by atoms with van der Waals surface area (Å²) in [6.45, 7) is 3.12. The fourth-order valence-electron chi connectivity index (χ4n) is 1.86. The molecule has 1 N–H and O–H groups in total. The molecule has 0 amide bonds. The molecular formula is C10H15NO. The van der Waals surface area contributed by atoms with Gasteiger partial charge in [-0.1, -0.05) is 31.2 Å². The molecule has 0 saturated carbocycles. The van der Waals surface area contributed by atoms with Crippen LogP contribution in [0.4, 0.5) is 0 Å². The maximum absolute atomic E-state index is 5.17. The largest absolute Gasteiger partial charge is 0.301 e. The monoisotopic (exact) mass is 165 g/mol. The van der Waals surface area contributed by atoms with E-state index in [1.54, 1.807) is 0 Å². The van der Waals surface area contributed by atoms with E-state index in [4.69, 9.17) is 4.84 Å². The first-order valence-electron chi connectivity index (χ1n) is 4.53. The summed E-state index contributed by atoms with van der Waals surface area (Å²) in [4.78, 5) is 5.17. The molecule has 2 heteroatoms. The number of rotatable bonds is 1. The molecule has 0 aromatic heterocycles. The number of hydroxylamine groups is 1. The average Bonchev–Trinajstić information content (AvgIpc) is 2.58. The van der Waals surface area contributed by atoms with Crippen molar-refractivity contribution in [1.82, 2.24) is 5.48 Å². The molecule has 1 heterocycles. The predicted octanol–water partition coefficient (Wildman–Crippen LogP) is 1.80. The summed E-state index contributed by atoms with van der Waals surface area (Å²) in [7, 11) is 0. The van der Waals surface area contributed by atoms with Gasteiger partial charge < -0.3 is 4.84 Å². The molecule has 2 rings (SSSR count). The Morgan fingerprint density at radius 1 is 1.50 bits per heavy atom. The molecular weight excluding hydrogens is 150 g/mol. The van der Waals surface area contributed by atoms with E-state index < -0.39 is 0 Å². The lowest BCUT2D eigenvalue weighted by Gasteiger charge is -2.31. The molecule has 66 valence electrons. The molecule has 1 unspecified atom stereocenters. The van der Waals surface area contributed by atoms with Gasteiger partial charge in [0.05, 0.1) is 6.61 Å². The summed E-state index contributed by atoms with van der Waals surface area (Å²) in [6.07, 6.45) is 11.0. The molecule has 0 aromatic carbocycles. The van der Waals surface area contributed by atoms with Crippen LogP contribution in [0, 0.1) is 5.41 Å². The van der Waals surface area contributed by atoms with Crippen LogP contribution >= 0.6 is 0 Å². The number of nitrogens with one attached hydrogen (secondary N) is 1. The van der Waals surface area contributed by atoms with Gasteiger partial charge in [-0.25, -0.2) is 0 Å². The van der Waals surface area contributed by atoms with Crippen LogP contribution in [0.25, 0.3) is 0 Å². The van der Waals surface area contributed by atoms with E-state index in [0.717, 1.165) is 19.4 Å².